The summed E-state index contributed by atoms with van der Waals surface area (Å²) in [5.74, 6) is 0.0603. The zero-order valence-corrected chi connectivity index (χ0v) is 13.5. The van der Waals surface area contributed by atoms with E-state index in [1.807, 2.05) is 38.1 Å². The summed E-state index contributed by atoms with van der Waals surface area (Å²) in [6, 6.07) is 7.06. The third kappa shape index (κ3) is 4.04. The van der Waals surface area contributed by atoms with E-state index in [0.29, 0.717) is 13.0 Å². The molecule has 1 aromatic carbocycles. The summed E-state index contributed by atoms with van der Waals surface area (Å²) in [4.78, 5) is 14.4. The monoisotopic (exact) mass is 310 g/mol. The van der Waals surface area contributed by atoms with Gasteiger partial charge in [-0.25, -0.2) is 13.1 Å². The average molecular weight is 310 g/mol. The van der Waals surface area contributed by atoms with E-state index >= 15 is 0 Å². The zero-order chi connectivity index (χ0) is 15.6. The molecule has 1 aromatic rings. The van der Waals surface area contributed by atoms with Gasteiger partial charge >= 0.3 is 0 Å². The zero-order valence-electron chi connectivity index (χ0n) is 12.7. The van der Waals surface area contributed by atoms with Crippen LogP contribution in [0.4, 0.5) is 5.69 Å². The molecule has 116 valence electrons. The molecule has 0 saturated carbocycles. The number of sulfonamides is 1. The Balaban J connectivity index is 2.23. The van der Waals surface area contributed by atoms with Crippen molar-refractivity contribution < 1.29 is 13.2 Å². The van der Waals surface area contributed by atoms with E-state index in [4.69, 9.17) is 0 Å². The minimum atomic E-state index is -3.42. The fourth-order valence-electron chi connectivity index (χ4n) is 2.68. The van der Waals surface area contributed by atoms with E-state index < -0.39 is 16.1 Å². The van der Waals surface area contributed by atoms with Crippen molar-refractivity contribution in [1.82, 2.24) is 4.72 Å². The summed E-state index contributed by atoms with van der Waals surface area (Å²) in [6.45, 7) is 4.56. The lowest BCUT2D eigenvalue weighted by atomic mass is 10.0. The molecule has 0 saturated heterocycles. The highest BCUT2D eigenvalue weighted by Crippen LogP contribution is 2.28. The number of hydrogen-bond donors (Lipinski definition) is 1. The Morgan fingerprint density at radius 2 is 2.00 bits per heavy atom. The second kappa shape index (κ2) is 6.15. The van der Waals surface area contributed by atoms with Gasteiger partial charge in [0.1, 0.15) is 6.04 Å². The van der Waals surface area contributed by atoms with Gasteiger partial charge in [0, 0.05) is 12.2 Å². The quantitative estimate of drug-likeness (QED) is 0.897. The molecule has 0 radical (unpaired) electrons. The molecule has 0 bridgehead atoms. The van der Waals surface area contributed by atoms with Gasteiger partial charge in [0.2, 0.25) is 15.9 Å². The van der Waals surface area contributed by atoms with Gasteiger partial charge in [0.15, 0.2) is 0 Å². The van der Waals surface area contributed by atoms with Crippen LogP contribution in [-0.2, 0) is 21.2 Å². The summed E-state index contributed by atoms with van der Waals surface area (Å²) in [5, 5.41) is 0. The van der Waals surface area contributed by atoms with Crippen LogP contribution in [0.2, 0.25) is 0 Å². The van der Waals surface area contributed by atoms with Gasteiger partial charge in [-0.3, -0.25) is 4.79 Å². The van der Waals surface area contributed by atoms with Crippen molar-refractivity contribution in [2.24, 2.45) is 5.92 Å². The maximum atomic E-state index is 12.7. The largest absolute Gasteiger partial charge is 0.310 e. The number of anilines is 1. The molecular formula is C15H22N2O3S. The molecule has 1 amide bonds. The van der Waals surface area contributed by atoms with Crippen LogP contribution in [0, 0.1) is 5.92 Å². The Labute approximate surface area is 126 Å². The third-order valence-electron chi connectivity index (χ3n) is 3.51. The van der Waals surface area contributed by atoms with Crippen LogP contribution < -0.4 is 9.62 Å². The number of rotatable bonds is 5. The number of carbonyl (C=O) groups excluding carboxylic acids is 1. The number of nitrogens with one attached hydrogen (secondary N) is 1. The summed E-state index contributed by atoms with van der Waals surface area (Å²) in [6.07, 6.45) is 2.39. The van der Waals surface area contributed by atoms with Crippen molar-refractivity contribution >= 4 is 21.6 Å². The summed E-state index contributed by atoms with van der Waals surface area (Å²) < 4.78 is 25.5. The van der Waals surface area contributed by atoms with Gasteiger partial charge in [0.25, 0.3) is 0 Å². The van der Waals surface area contributed by atoms with E-state index in [1.54, 1.807) is 4.90 Å². The number of benzene rings is 1. The number of carbonyl (C=O) groups is 1. The predicted molar refractivity (Wildman–Crippen MR) is 83.7 cm³/mol. The molecule has 0 unspecified atom stereocenters. The second-order valence-corrected chi connectivity index (χ2v) is 7.72. The SMILES string of the molecule is CC(C)C[C@H](NS(C)(=O)=O)C(=O)N1CCc2ccccc21. The van der Waals surface area contributed by atoms with E-state index in [1.165, 1.54) is 0 Å². The number of fused-ring (bicyclic) bond motifs is 1. The second-order valence-electron chi connectivity index (χ2n) is 5.94. The molecule has 0 spiro atoms. The molecule has 0 aliphatic carbocycles. The fraction of sp³-hybridized carbons (Fsp3) is 0.533. The summed E-state index contributed by atoms with van der Waals surface area (Å²) >= 11 is 0. The van der Waals surface area contributed by atoms with E-state index in [9.17, 15) is 13.2 Å². The first-order chi connectivity index (χ1) is 9.78. The van der Waals surface area contributed by atoms with Crippen LogP contribution >= 0.6 is 0 Å². The lowest BCUT2D eigenvalue weighted by molar-refractivity contribution is -0.120. The Bertz CT molecular complexity index is 626. The van der Waals surface area contributed by atoms with E-state index in [2.05, 4.69) is 4.72 Å². The van der Waals surface area contributed by atoms with E-state index in [0.717, 1.165) is 23.9 Å². The van der Waals surface area contributed by atoms with Crippen LogP contribution in [-0.4, -0.2) is 33.2 Å². The molecule has 0 fully saturated rings. The molecule has 1 N–H and O–H groups in total. The van der Waals surface area contributed by atoms with E-state index in [-0.39, 0.29) is 11.8 Å². The topological polar surface area (TPSA) is 66.5 Å². The lowest BCUT2D eigenvalue weighted by Gasteiger charge is -2.25. The summed E-state index contributed by atoms with van der Waals surface area (Å²) in [5.41, 5.74) is 2.03. The molecule has 0 aromatic heterocycles. The minimum absolute atomic E-state index is 0.168. The molecule has 6 heteroatoms. The first-order valence-corrected chi connectivity index (χ1v) is 9.03. The number of para-hydroxylation sites is 1. The normalized spacial score (nSPS) is 16.1. The Hall–Kier alpha value is -1.40. The molecule has 5 nitrogen and oxygen atoms in total. The first-order valence-electron chi connectivity index (χ1n) is 7.14. The highest BCUT2D eigenvalue weighted by atomic mass is 32.2. The predicted octanol–water partition coefficient (Wildman–Crippen LogP) is 1.54. The molecule has 1 heterocycles. The van der Waals surface area contributed by atoms with Crippen molar-refractivity contribution in [3.8, 4) is 0 Å². The maximum Gasteiger partial charge on any atom is 0.245 e. The van der Waals surface area contributed by atoms with Gasteiger partial charge < -0.3 is 4.90 Å². The maximum absolute atomic E-state index is 12.7. The molecule has 2 rings (SSSR count). The Morgan fingerprint density at radius 1 is 1.33 bits per heavy atom. The van der Waals surface area contributed by atoms with Crippen molar-refractivity contribution in [1.29, 1.82) is 0 Å². The number of hydrogen-bond acceptors (Lipinski definition) is 3. The lowest BCUT2D eigenvalue weighted by Crippen LogP contribution is -2.48. The van der Waals surface area contributed by atoms with Crippen LogP contribution in [0.5, 0.6) is 0 Å². The Kier molecular flexibility index (Phi) is 4.68. The van der Waals surface area contributed by atoms with Crippen LogP contribution in [0.3, 0.4) is 0 Å². The molecule has 1 aliphatic rings. The van der Waals surface area contributed by atoms with Gasteiger partial charge in [-0.2, -0.15) is 0 Å². The van der Waals surface area contributed by atoms with Crippen molar-refractivity contribution in [3.05, 3.63) is 29.8 Å². The third-order valence-corrected chi connectivity index (χ3v) is 4.23. The fourth-order valence-corrected chi connectivity index (χ4v) is 3.40. The standard InChI is InChI=1S/C15H22N2O3S/c1-11(2)10-13(16-21(3,19)20)15(18)17-9-8-12-6-4-5-7-14(12)17/h4-7,11,13,16H,8-10H2,1-3H3/t13-/m0/s1. The smallest absolute Gasteiger partial charge is 0.245 e. The molecule has 1 aliphatic heterocycles. The highest BCUT2D eigenvalue weighted by Gasteiger charge is 2.31. The number of nitrogens with zero attached hydrogens (tertiary/aromatic N) is 1. The minimum Gasteiger partial charge on any atom is -0.310 e. The van der Waals surface area contributed by atoms with Crippen LogP contribution in [0.15, 0.2) is 24.3 Å². The highest BCUT2D eigenvalue weighted by molar-refractivity contribution is 7.88. The summed E-state index contributed by atoms with van der Waals surface area (Å²) in [7, 11) is -3.42. The average Bonchev–Trinajstić information content (AvgIpc) is 2.78. The van der Waals surface area contributed by atoms with Gasteiger partial charge in [-0.15, -0.1) is 0 Å². The van der Waals surface area contributed by atoms with Crippen molar-refractivity contribution in [3.63, 3.8) is 0 Å². The number of amides is 1. The molecule has 21 heavy (non-hydrogen) atoms. The molecule has 1 atom stereocenters. The Morgan fingerprint density at radius 3 is 2.62 bits per heavy atom. The van der Waals surface area contributed by atoms with Gasteiger partial charge in [-0.05, 0) is 30.4 Å². The van der Waals surface area contributed by atoms with Crippen LogP contribution in [0.25, 0.3) is 0 Å². The van der Waals surface area contributed by atoms with Crippen molar-refractivity contribution in [2.75, 3.05) is 17.7 Å². The van der Waals surface area contributed by atoms with Gasteiger partial charge in [-0.1, -0.05) is 32.0 Å². The van der Waals surface area contributed by atoms with Crippen molar-refractivity contribution in [2.45, 2.75) is 32.7 Å². The van der Waals surface area contributed by atoms with Crippen LogP contribution in [0.1, 0.15) is 25.8 Å². The molecular weight excluding hydrogens is 288 g/mol. The van der Waals surface area contributed by atoms with Gasteiger partial charge in [0.05, 0.1) is 6.26 Å². The first kappa shape index (κ1) is 16.0.